The van der Waals surface area contributed by atoms with E-state index in [9.17, 15) is 4.79 Å². The van der Waals surface area contributed by atoms with Crippen molar-refractivity contribution in [3.8, 4) is 0 Å². The molecule has 0 fully saturated rings. The Kier molecular flexibility index (Phi) is 4.30. The van der Waals surface area contributed by atoms with Crippen LogP contribution in [0.4, 0.5) is 5.69 Å². The molecule has 0 spiro atoms. The van der Waals surface area contributed by atoms with Gasteiger partial charge in [0.15, 0.2) is 5.16 Å². The number of nitrogens with zero attached hydrogens (tertiary/aromatic N) is 3. The van der Waals surface area contributed by atoms with Gasteiger partial charge in [0, 0.05) is 25.0 Å². The molecule has 4 nitrogen and oxygen atoms in total. The third-order valence-corrected chi connectivity index (χ3v) is 5.36. The number of benzene rings is 1. The number of imidazole rings is 1. The number of aromatic nitrogens is 2. The Labute approximate surface area is 147 Å². The number of rotatable bonds is 3. The van der Waals surface area contributed by atoms with Gasteiger partial charge in [0.1, 0.15) is 0 Å². The molecule has 1 aliphatic rings. The van der Waals surface area contributed by atoms with Gasteiger partial charge in [-0.3, -0.25) is 4.79 Å². The number of hydrogen-bond donors (Lipinski definition) is 0. The van der Waals surface area contributed by atoms with Crippen LogP contribution in [0.5, 0.6) is 0 Å². The minimum atomic E-state index is -0.342. The van der Waals surface area contributed by atoms with Crippen molar-refractivity contribution >= 4 is 28.9 Å². The lowest BCUT2D eigenvalue weighted by molar-refractivity contribution is -0.116. The number of hydrogen-bond acceptors (Lipinski definition) is 3. The first-order valence-electron chi connectivity index (χ1n) is 8.03. The Bertz CT molecular complexity index is 820. The van der Waals surface area contributed by atoms with Crippen molar-refractivity contribution in [2.75, 3.05) is 10.7 Å². The highest BCUT2D eigenvalue weighted by Crippen LogP contribution is 2.39. The number of thioether (sulfide) groups is 1. The molecule has 24 heavy (non-hydrogen) atoms. The normalized spacial score (nSPS) is 15.9. The number of carbonyl (C=O) groups excluding carboxylic acids is 1. The zero-order valence-electron chi connectivity index (χ0n) is 14.8. The van der Waals surface area contributed by atoms with E-state index in [2.05, 4.69) is 57.0 Å². The minimum absolute atomic E-state index is 0.0989. The lowest BCUT2D eigenvalue weighted by atomic mass is 9.88. The summed E-state index contributed by atoms with van der Waals surface area (Å²) in [6, 6.07) is 6.29. The van der Waals surface area contributed by atoms with E-state index in [4.69, 9.17) is 0 Å². The van der Waals surface area contributed by atoms with Crippen molar-refractivity contribution < 1.29 is 4.79 Å². The molecule has 5 heteroatoms. The van der Waals surface area contributed by atoms with Crippen LogP contribution in [0.3, 0.4) is 0 Å². The summed E-state index contributed by atoms with van der Waals surface area (Å²) in [5.74, 6) is 0.468. The van der Waals surface area contributed by atoms with Crippen LogP contribution in [0.15, 0.2) is 41.8 Å². The van der Waals surface area contributed by atoms with Crippen LogP contribution in [0.25, 0.3) is 5.57 Å². The molecule has 0 aliphatic carbocycles. The van der Waals surface area contributed by atoms with Crippen molar-refractivity contribution in [1.82, 2.24) is 9.55 Å². The Hall–Kier alpha value is -2.01. The van der Waals surface area contributed by atoms with Crippen LogP contribution in [0.1, 0.15) is 31.9 Å². The highest BCUT2D eigenvalue weighted by Gasteiger charge is 2.35. The highest BCUT2D eigenvalue weighted by atomic mass is 32.2. The molecule has 0 radical (unpaired) electrons. The van der Waals surface area contributed by atoms with Crippen molar-refractivity contribution in [3.63, 3.8) is 0 Å². The fourth-order valence-electron chi connectivity index (χ4n) is 3.28. The van der Waals surface area contributed by atoms with E-state index in [1.807, 2.05) is 22.7 Å². The third-order valence-electron chi connectivity index (χ3n) is 4.31. The summed E-state index contributed by atoms with van der Waals surface area (Å²) in [6.45, 7) is 8.37. The van der Waals surface area contributed by atoms with Gasteiger partial charge in [0.05, 0.1) is 17.0 Å². The SMILES string of the molecule is CC1=CC(C)(C)N(C(=O)CSc2nccn2C)c2ccc(C)cc21. The summed E-state index contributed by atoms with van der Waals surface area (Å²) >= 11 is 1.47. The Morgan fingerprint density at radius 1 is 1.29 bits per heavy atom. The van der Waals surface area contributed by atoms with Crippen LogP contribution in [-0.4, -0.2) is 26.8 Å². The molecule has 3 rings (SSSR count). The smallest absolute Gasteiger partial charge is 0.238 e. The van der Waals surface area contributed by atoms with Crippen molar-refractivity contribution in [2.24, 2.45) is 7.05 Å². The lowest BCUT2D eigenvalue weighted by Gasteiger charge is -2.41. The molecule has 126 valence electrons. The molecule has 0 N–H and O–H groups in total. The van der Waals surface area contributed by atoms with Gasteiger partial charge >= 0.3 is 0 Å². The number of aryl methyl sites for hydroxylation is 2. The molecule has 0 unspecified atom stereocenters. The van der Waals surface area contributed by atoms with Crippen molar-refractivity contribution in [2.45, 2.75) is 38.4 Å². The number of amides is 1. The molecule has 2 heterocycles. The first-order valence-corrected chi connectivity index (χ1v) is 9.02. The maximum atomic E-state index is 13.0. The van der Waals surface area contributed by atoms with E-state index in [1.165, 1.54) is 22.9 Å². The Morgan fingerprint density at radius 2 is 2.04 bits per heavy atom. The number of fused-ring (bicyclic) bond motifs is 1. The minimum Gasteiger partial charge on any atom is -0.329 e. The van der Waals surface area contributed by atoms with E-state index in [0.717, 1.165) is 16.4 Å². The molecule has 1 aliphatic heterocycles. The van der Waals surface area contributed by atoms with Crippen LogP contribution in [0, 0.1) is 6.92 Å². The first kappa shape index (κ1) is 16.8. The molecular formula is C19H23N3OS. The highest BCUT2D eigenvalue weighted by molar-refractivity contribution is 7.99. The maximum Gasteiger partial charge on any atom is 0.238 e. The zero-order valence-corrected chi connectivity index (χ0v) is 15.6. The van der Waals surface area contributed by atoms with Gasteiger partial charge in [-0.2, -0.15) is 0 Å². The van der Waals surface area contributed by atoms with E-state index in [1.54, 1.807) is 6.20 Å². The predicted molar refractivity (Wildman–Crippen MR) is 100 cm³/mol. The average Bonchev–Trinajstić information content (AvgIpc) is 2.90. The van der Waals surface area contributed by atoms with Gasteiger partial charge in [0.25, 0.3) is 0 Å². The van der Waals surface area contributed by atoms with E-state index in [-0.39, 0.29) is 11.4 Å². The molecule has 0 saturated heterocycles. The molecule has 0 saturated carbocycles. The van der Waals surface area contributed by atoms with Gasteiger partial charge < -0.3 is 9.47 Å². The second-order valence-electron chi connectivity index (χ2n) is 6.84. The van der Waals surface area contributed by atoms with Crippen LogP contribution < -0.4 is 4.90 Å². The van der Waals surface area contributed by atoms with E-state index < -0.39 is 0 Å². The van der Waals surface area contributed by atoms with Crippen LogP contribution in [0.2, 0.25) is 0 Å². The second kappa shape index (κ2) is 6.13. The van der Waals surface area contributed by atoms with Gasteiger partial charge in [-0.1, -0.05) is 29.5 Å². The summed E-state index contributed by atoms with van der Waals surface area (Å²) in [4.78, 5) is 19.2. The lowest BCUT2D eigenvalue weighted by Crippen LogP contribution is -2.49. The fraction of sp³-hybridized carbons (Fsp3) is 0.368. The molecule has 1 amide bonds. The van der Waals surface area contributed by atoms with E-state index >= 15 is 0 Å². The van der Waals surface area contributed by atoms with Crippen molar-refractivity contribution in [3.05, 3.63) is 47.8 Å². The van der Waals surface area contributed by atoms with Gasteiger partial charge in [-0.25, -0.2) is 4.98 Å². The monoisotopic (exact) mass is 341 g/mol. The topological polar surface area (TPSA) is 38.1 Å². The molecule has 1 aromatic carbocycles. The average molecular weight is 341 g/mol. The second-order valence-corrected chi connectivity index (χ2v) is 7.78. The predicted octanol–water partition coefficient (Wildman–Crippen LogP) is 4.05. The molecule has 1 aromatic heterocycles. The van der Waals surface area contributed by atoms with Crippen LogP contribution in [-0.2, 0) is 11.8 Å². The number of allylic oxidation sites excluding steroid dienone is 1. The standard InChI is InChI=1S/C19H23N3OS/c1-13-6-7-16-15(10-13)14(2)11-19(3,4)22(16)17(23)12-24-18-20-8-9-21(18)5/h6-11H,12H2,1-5H3. The van der Waals surface area contributed by atoms with Gasteiger partial charge in [0.2, 0.25) is 5.91 Å². The van der Waals surface area contributed by atoms with Crippen LogP contribution >= 0.6 is 11.8 Å². The Morgan fingerprint density at radius 3 is 2.71 bits per heavy atom. The summed E-state index contributed by atoms with van der Waals surface area (Å²) in [5, 5.41) is 0.856. The Balaban J connectivity index is 1.91. The third kappa shape index (κ3) is 3.00. The number of anilines is 1. The summed E-state index contributed by atoms with van der Waals surface area (Å²) in [5.41, 5.74) is 4.22. The number of carbonyl (C=O) groups is 1. The molecule has 2 aromatic rings. The quantitative estimate of drug-likeness (QED) is 0.791. The molecular weight excluding hydrogens is 318 g/mol. The van der Waals surface area contributed by atoms with E-state index in [0.29, 0.717) is 5.75 Å². The summed E-state index contributed by atoms with van der Waals surface area (Å²) in [6.07, 6.45) is 5.82. The largest absolute Gasteiger partial charge is 0.329 e. The maximum absolute atomic E-state index is 13.0. The summed E-state index contributed by atoms with van der Waals surface area (Å²) in [7, 11) is 1.94. The first-order chi connectivity index (χ1) is 11.3. The summed E-state index contributed by atoms with van der Waals surface area (Å²) < 4.78 is 1.93. The van der Waals surface area contributed by atoms with Crippen molar-refractivity contribution in [1.29, 1.82) is 0 Å². The zero-order chi connectivity index (χ0) is 17.5. The van der Waals surface area contributed by atoms with Gasteiger partial charge in [-0.15, -0.1) is 0 Å². The molecule has 0 atom stereocenters. The van der Waals surface area contributed by atoms with Gasteiger partial charge in [-0.05, 0) is 45.4 Å². The molecule has 0 bridgehead atoms. The fourth-order valence-corrected chi connectivity index (χ4v) is 4.06.